The van der Waals surface area contributed by atoms with E-state index < -0.39 is 34.4 Å². The van der Waals surface area contributed by atoms with Crippen LogP contribution in [0.5, 0.6) is 5.75 Å². The zero-order chi connectivity index (χ0) is 24.6. The molecular formula is C25H22N4O5S. The van der Waals surface area contributed by atoms with Gasteiger partial charge in [-0.1, -0.05) is 54.6 Å². The van der Waals surface area contributed by atoms with Crippen molar-refractivity contribution in [1.29, 1.82) is 0 Å². The van der Waals surface area contributed by atoms with Crippen molar-refractivity contribution >= 4 is 27.5 Å². The maximum absolute atomic E-state index is 13.4. The number of ether oxygens (including phenoxy) is 1. The van der Waals surface area contributed by atoms with Crippen molar-refractivity contribution in [2.75, 3.05) is 13.7 Å². The molecular weight excluding hydrogens is 468 g/mol. The highest BCUT2D eigenvalue weighted by Crippen LogP contribution is 2.34. The van der Waals surface area contributed by atoms with Crippen LogP contribution in [-0.2, 0) is 14.8 Å². The Morgan fingerprint density at radius 1 is 1.03 bits per heavy atom. The molecule has 2 aliphatic heterocycles. The topological polar surface area (TPSA) is 108 Å². The summed E-state index contributed by atoms with van der Waals surface area (Å²) in [6.07, 6.45) is 0.463. The summed E-state index contributed by atoms with van der Waals surface area (Å²) in [4.78, 5) is 28.5. The molecule has 9 nitrogen and oxygen atoms in total. The Morgan fingerprint density at radius 2 is 1.71 bits per heavy atom. The minimum absolute atomic E-state index is 0.0145. The van der Waals surface area contributed by atoms with E-state index >= 15 is 0 Å². The van der Waals surface area contributed by atoms with Crippen molar-refractivity contribution in [2.24, 2.45) is 5.10 Å². The summed E-state index contributed by atoms with van der Waals surface area (Å²) in [5.41, 5.74) is 2.45. The number of nitrogens with one attached hydrogen (secondary N) is 1. The van der Waals surface area contributed by atoms with Crippen LogP contribution in [0.15, 0.2) is 88.9 Å². The molecule has 0 fully saturated rings. The number of carbonyl (C=O) groups is 2. The van der Waals surface area contributed by atoms with E-state index in [1.165, 1.54) is 23.2 Å². The van der Waals surface area contributed by atoms with Crippen LogP contribution in [0.1, 0.15) is 33.9 Å². The number of amides is 2. The molecule has 1 atom stereocenters. The first-order valence-electron chi connectivity index (χ1n) is 10.9. The number of fused-ring (bicyclic) bond motifs is 1. The third-order valence-electron chi connectivity index (χ3n) is 5.95. The number of rotatable bonds is 5. The molecule has 1 N–H and O–H groups in total. The minimum Gasteiger partial charge on any atom is -0.497 e. The number of methoxy groups -OCH3 is 1. The van der Waals surface area contributed by atoms with Crippen molar-refractivity contribution in [1.82, 2.24) is 14.8 Å². The lowest BCUT2D eigenvalue weighted by Gasteiger charge is -2.30. The molecule has 10 heteroatoms. The third kappa shape index (κ3) is 4.29. The average Bonchev–Trinajstić information content (AvgIpc) is 3.33. The first kappa shape index (κ1) is 22.8. The third-order valence-corrected chi connectivity index (χ3v) is 7.35. The summed E-state index contributed by atoms with van der Waals surface area (Å²) in [6.45, 7) is -0.509. The number of carbonyl (C=O) groups excluding carboxylic acids is 2. The van der Waals surface area contributed by atoms with Gasteiger partial charge in [0.1, 0.15) is 12.3 Å². The second kappa shape index (κ2) is 8.97. The van der Waals surface area contributed by atoms with Gasteiger partial charge in [-0.05, 0) is 35.4 Å². The van der Waals surface area contributed by atoms with Gasteiger partial charge in [0.05, 0.1) is 29.3 Å². The predicted octanol–water partition coefficient (Wildman–Crippen LogP) is 2.72. The number of nitrogens with zero attached hydrogens (tertiary/aromatic N) is 3. The number of hydrazone groups is 1. The van der Waals surface area contributed by atoms with Crippen molar-refractivity contribution in [3.63, 3.8) is 0 Å². The van der Waals surface area contributed by atoms with E-state index in [-0.39, 0.29) is 10.5 Å². The number of benzene rings is 3. The van der Waals surface area contributed by atoms with Gasteiger partial charge in [-0.2, -0.15) is 5.10 Å². The molecule has 2 aliphatic rings. The first-order chi connectivity index (χ1) is 16.9. The lowest BCUT2D eigenvalue weighted by molar-refractivity contribution is -0.134. The van der Waals surface area contributed by atoms with E-state index in [2.05, 4.69) is 9.93 Å². The molecule has 2 amide bonds. The second-order valence-corrected chi connectivity index (χ2v) is 9.76. The largest absolute Gasteiger partial charge is 0.497 e. The fourth-order valence-corrected chi connectivity index (χ4v) is 5.44. The van der Waals surface area contributed by atoms with Gasteiger partial charge in [-0.3, -0.25) is 14.6 Å². The molecule has 0 spiro atoms. The van der Waals surface area contributed by atoms with Gasteiger partial charge >= 0.3 is 0 Å². The van der Waals surface area contributed by atoms with Gasteiger partial charge in [0.2, 0.25) is 0 Å². The molecule has 35 heavy (non-hydrogen) atoms. The molecule has 0 radical (unpaired) electrons. The Bertz CT molecular complexity index is 1420. The normalized spacial score (nSPS) is 18.7. The van der Waals surface area contributed by atoms with Crippen LogP contribution in [-0.4, -0.2) is 49.6 Å². The lowest BCUT2D eigenvalue weighted by Crippen LogP contribution is -2.53. The summed E-state index contributed by atoms with van der Waals surface area (Å²) in [5, 5.41) is 6.73. The van der Waals surface area contributed by atoms with Gasteiger partial charge in [0, 0.05) is 6.42 Å². The van der Waals surface area contributed by atoms with Gasteiger partial charge in [-0.15, -0.1) is 4.83 Å². The molecule has 3 aromatic rings. The maximum atomic E-state index is 13.4. The van der Waals surface area contributed by atoms with Crippen molar-refractivity contribution in [3.8, 4) is 5.75 Å². The SMILES string of the molecule is COc1ccc(C2CC(c3ccccc3)=NN2C(=O)CN2NS(=O)(=O)c3ccccc3C2=O)cc1. The van der Waals surface area contributed by atoms with Crippen LogP contribution in [0.2, 0.25) is 0 Å². The van der Waals surface area contributed by atoms with Gasteiger partial charge in [0.15, 0.2) is 0 Å². The molecule has 2 heterocycles. The summed E-state index contributed by atoms with van der Waals surface area (Å²) in [6, 6.07) is 22.3. The number of sulfonamides is 1. The molecule has 5 rings (SSSR count). The Morgan fingerprint density at radius 3 is 2.43 bits per heavy atom. The highest BCUT2D eigenvalue weighted by molar-refractivity contribution is 7.89. The monoisotopic (exact) mass is 490 g/mol. The smallest absolute Gasteiger partial charge is 0.270 e. The summed E-state index contributed by atoms with van der Waals surface area (Å²) < 4.78 is 30.5. The summed E-state index contributed by atoms with van der Waals surface area (Å²) in [7, 11) is -2.41. The molecule has 178 valence electrons. The summed E-state index contributed by atoms with van der Waals surface area (Å²) in [5.74, 6) is -0.441. The van der Waals surface area contributed by atoms with E-state index in [1.807, 2.05) is 42.5 Å². The number of hydrazine groups is 1. The highest BCUT2D eigenvalue weighted by atomic mass is 32.2. The van der Waals surface area contributed by atoms with E-state index in [0.717, 1.165) is 21.8 Å². The molecule has 1 unspecified atom stereocenters. The Balaban J connectivity index is 1.45. The zero-order valence-electron chi connectivity index (χ0n) is 18.8. The average molecular weight is 491 g/mol. The highest BCUT2D eigenvalue weighted by Gasteiger charge is 2.38. The Kier molecular flexibility index (Phi) is 5.83. The van der Waals surface area contributed by atoms with Crippen molar-refractivity contribution < 1.29 is 22.7 Å². The molecule has 0 aliphatic carbocycles. The van der Waals surface area contributed by atoms with Crippen LogP contribution in [0.3, 0.4) is 0 Å². The van der Waals surface area contributed by atoms with Crippen LogP contribution in [0.4, 0.5) is 0 Å². The lowest BCUT2D eigenvalue weighted by atomic mass is 9.98. The quantitative estimate of drug-likeness (QED) is 0.592. The first-order valence-corrected chi connectivity index (χ1v) is 12.4. The van der Waals surface area contributed by atoms with E-state index in [1.54, 1.807) is 25.3 Å². The molecule has 3 aromatic carbocycles. The van der Waals surface area contributed by atoms with E-state index in [0.29, 0.717) is 12.2 Å². The number of hydrogen-bond acceptors (Lipinski definition) is 6. The molecule has 0 saturated carbocycles. The minimum atomic E-state index is -3.99. The van der Waals surface area contributed by atoms with Crippen molar-refractivity contribution in [2.45, 2.75) is 17.4 Å². The maximum Gasteiger partial charge on any atom is 0.270 e. The molecule has 0 aromatic heterocycles. The predicted molar refractivity (Wildman–Crippen MR) is 128 cm³/mol. The number of hydrogen-bond donors (Lipinski definition) is 1. The second-order valence-electron chi connectivity index (χ2n) is 8.13. The van der Waals surface area contributed by atoms with Crippen LogP contribution in [0, 0.1) is 0 Å². The zero-order valence-corrected chi connectivity index (χ0v) is 19.6. The van der Waals surface area contributed by atoms with Crippen LogP contribution in [0.25, 0.3) is 0 Å². The molecule has 0 saturated heterocycles. The molecule has 0 bridgehead atoms. The summed E-state index contributed by atoms with van der Waals surface area (Å²) >= 11 is 0. The Labute approximate surface area is 202 Å². The van der Waals surface area contributed by atoms with E-state index in [4.69, 9.17) is 4.74 Å². The van der Waals surface area contributed by atoms with Crippen LogP contribution >= 0.6 is 0 Å². The van der Waals surface area contributed by atoms with E-state index in [9.17, 15) is 18.0 Å². The van der Waals surface area contributed by atoms with Gasteiger partial charge < -0.3 is 4.74 Å². The fraction of sp³-hybridized carbons (Fsp3) is 0.160. The van der Waals surface area contributed by atoms with Gasteiger partial charge in [-0.25, -0.2) is 13.4 Å². The van der Waals surface area contributed by atoms with Crippen molar-refractivity contribution in [3.05, 3.63) is 95.6 Å². The van der Waals surface area contributed by atoms with Crippen LogP contribution < -0.4 is 9.57 Å². The van der Waals surface area contributed by atoms with Gasteiger partial charge in [0.25, 0.3) is 21.8 Å². The Hall–Kier alpha value is -4.02. The fourth-order valence-electron chi connectivity index (χ4n) is 4.20. The standard InChI is InChI=1S/C25H22N4O5S/c1-34-19-13-11-18(12-14-19)22-15-21(17-7-3-2-4-8-17)26-29(22)24(30)16-28-25(31)20-9-5-6-10-23(20)35(32,33)27-28/h2-14,22,27H,15-16H2,1H3.